The van der Waals surface area contributed by atoms with Gasteiger partial charge in [-0.1, -0.05) is 0 Å². The Labute approximate surface area is 120 Å². The van der Waals surface area contributed by atoms with Gasteiger partial charge in [0.1, 0.15) is 5.52 Å². The van der Waals surface area contributed by atoms with E-state index in [1.165, 1.54) is 0 Å². The predicted octanol–water partition coefficient (Wildman–Crippen LogP) is 1.04. The summed E-state index contributed by atoms with van der Waals surface area (Å²) in [5.41, 5.74) is 1.06. The zero-order chi connectivity index (χ0) is 14.1. The lowest BCUT2D eigenvalue weighted by atomic mass is 9.93. The van der Waals surface area contributed by atoms with Crippen molar-refractivity contribution < 1.29 is 5.11 Å². The third-order valence-corrected chi connectivity index (χ3v) is 5.07. The van der Waals surface area contributed by atoms with E-state index >= 15 is 0 Å². The minimum atomic E-state index is -0.237. The molecular formula is C13H15ClN4O2. The first kappa shape index (κ1) is 12.3. The van der Waals surface area contributed by atoms with Crippen molar-refractivity contribution in [1.29, 1.82) is 0 Å². The van der Waals surface area contributed by atoms with Crippen molar-refractivity contribution >= 4 is 22.8 Å². The van der Waals surface area contributed by atoms with Crippen LogP contribution in [-0.2, 0) is 12.6 Å². The van der Waals surface area contributed by atoms with Crippen LogP contribution in [0.1, 0.15) is 25.7 Å². The molecule has 7 heteroatoms. The van der Waals surface area contributed by atoms with Crippen LogP contribution in [0.15, 0.2) is 11.0 Å². The highest BCUT2D eigenvalue weighted by Crippen LogP contribution is 2.59. The third-order valence-electron chi connectivity index (χ3n) is 4.88. The van der Waals surface area contributed by atoms with E-state index in [4.69, 9.17) is 11.6 Å². The number of hydrogen-bond donors (Lipinski definition) is 1. The third kappa shape index (κ3) is 1.46. The van der Waals surface area contributed by atoms with Crippen LogP contribution in [0.5, 0.6) is 0 Å². The summed E-state index contributed by atoms with van der Waals surface area (Å²) in [6.07, 6.45) is 4.61. The van der Waals surface area contributed by atoms with Crippen LogP contribution in [0.2, 0.25) is 5.28 Å². The fourth-order valence-electron chi connectivity index (χ4n) is 3.72. The molecule has 0 aromatic carbocycles. The number of hydrogen-bond acceptors (Lipinski definition) is 4. The van der Waals surface area contributed by atoms with E-state index in [-0.39, 0.29) is 22.6 Å². The standard InChI is InChI=1S/C13H15ClN4O2/c1-17-9-6-15-11(14)16-10(9)18(12(17)20)13-3-2-8(19)4-7(13)5-13/h6-8,19H,2-5H2,1H3/t7?,8-,13+/m1/s1. The molecule has 0 spiro atoms. The summed E-state index contributed by atoms with van der Waals surface area (Å²) in [7, 11) is 1.73. The average Bonchev–Trinajstić information content (AvgIpc) is 3.06. The molecule has 2 heterocycles. The summed E-state index contributed by atoms with van der Waals surface area (Å²) >= 11 is 5.89. The molecule has 2 aromatic rings. The monoisotopic (exact) mass is 294 g/mol. The molecule has 0 aliphatic heterocycles. The second kappa shape index (κ2) is 3.83. The Bertz CT molecular complexity index is 768. The molecule has 20 heavy (non-hydrogen) atoms. The SMILES string of the molecule is Cn1c(=O)n([C@]23CC[C@@H](O)CC2C3)c2nc(Cl)ncc21. The molecular weight excluding hydrogens is 280 g/mol. The van der Waals surface area contributed by atoms with Crippen LogP contribution in [0.25, 0.3) is 11.2 Å². The van der Waals surface area contributed by atoms with E-state index in [2.05, 4.69) is 9.97 Å². The molecule has 2 aliphatic rings. The maximum absolute atomic E-state index is 12.6. The Morgan fingerprint density at radius 1 is 1.55 bits per heavy atom. The van der Waals surface area contributed by atoms with Crippen LogP contribution in [0.3, 0.4) is 0 Å². The summed E-state index contributed by atoms with van der Waals surface area (Å²) in [5, 5.41) is 9.91. The van der Waals surface area contributed by atoms with Crippen molar-refractivity contribution in [3.63, 3.8) is 0 Å². The average molecular weight is 295 g/mol. The summed E-state index contributed by atoms with van der Waals surface area (Å²) in [5.74, 6) is 0.364. The Morgan fingerprint density at radius 3 is 3.10 bits per heavy atom. The molecule has 2 aromatic heterocycles. The lowest BCUT2D eigenvalue weighted by molar-refractivity contribution is 0.106. The molecule has 0 radical (unpaired) electrons. The Morgan fingerprint density at radius 2 is 2.35 bits per heavy atom. The number of aliphatic hydroxyl groups is 1. The first-order valence-electron chi connectivity index (χ1n) is 6.81. The zero-order valence-corrected chi connectivity index (χ0v) is 11.8. The van der Waals surface area contributed by atoms with Crippen LogP contribution >= 0.6 is 11.6 Å². The molecule has 3 atom stereocenters. The van der Waals surface area contributed by atoms with Gasteiger partial charge in [0.25, 0.3) is 0 Å². The number of nitrogens with zero attached hydrogens (tertiary/aromatic N) is 4. The molecule has 1 N–H and O–H groups in total. The number of imidazole rings is 1. The second-order valence-electron chi connectivity index (χ2n) is 5.96. The van der Waals surface area contributed by atoms with E-state index in [0.717, 1.165) is 25.7 Å². The van der Waals surface area contributed by atoms with Crippen molar-refractivity contribution in [3.8, 4) is 0 Å². The Hall–Kier alpha value is -1.40. The van der Waals surface area contributed by atoms with Gasteiger partial charge in [-0.15, -0.1) is 0 Å². The number of aromatic nitrogens is 4. The summed E-state index contributed by atoms with van der Waals surface area (Å²) < 4.78 is 3.35. The van der Waals surface area contributed by atoms with Gasteiger partial charge in [0.15, 0.2) is 5.65 Å². The normalized spacial score (nSPS) is 32.4. The Kier molecular flexibility index (Phi) is 2.36. The first-order chi connectivity index (χ1) is 9.53. The smallest absolute Gasteiger partial charge is 0.330 e. The van der Waals surface area contributed by atoms with Crippen molar-refractivity contribution in [2.24, 2.45) is 13.0 Å². The summed E-state index contributed by atoms with van der Waals surface area (Å²) in [4.78, 5) is 20.8. The fourth-order valence-corrected chi connectivity index (χ4v) is 3.85. The van der Waals surface area contributed by atoms with Gasteiger partial charge in [0.2, 0.25) is 5.28 Å². The molecule has 2 saturated carbocycles. The van der Waals surface area contributed by atoms with Gasteiger partial charge in [0, 0.05) is 7.05 Å². The molecule has 6 nitrogen and oxygen atoms in total. The number of fused-ring (bicyclic) bond motifs is 2. The number of aryl methyl sites for hydroxylation is 1. The predicted molar refractivity (Wildman–Crippen MR) is 73.7 cm³/mol. The van der Waals surface area contributed by atoms with Crippen LogP contribution in [0.4, 0.5) is 0 Å². The summed E-state index contributed by atoms with van der Waals surface area (Å²) in [6.45, 7) is 0. The van der Waals surface area contributed by atoms with Crippen LogP contribution in [0, 0.1) is 5.92 Å². The number of aliphatic hydroxyl groups excluding tert-OH is 1. The van der Waals surface area contributed by atoms with Gasteiger partial charge < -0.3 is 5.11 Å². The van der Waals surface area contributed by atoms with Gasteiger partial charge >= 0.3 is 5.69 Å². The minimum absolute atomic E-state index is 0.0737. The largest absolute Gasteiger partial charge is 0.393 e. The summed E-state index contributed by atoms with van der Waals surface area (Å²) in [6, 6.07) is 0. The lowest BCUT2D eigenvalue weighted by Crippen LogP contribution is -2.36. The van der Waals surface area contributed by atoms with E-state index in [1.807, 2.05) is 0 Å². The fraction of sp³-hybridized carbons (Fsp3) is 0.615. The van der Waals surface area contributed by atoms with Gasteiger partial charge in [-0.3, -0.25) is 9.13 Å². The second-order valence-corrected chi connectivity index (χ2v) is 6.30. The van der Waals surface area contributed by atoms with Crippen molar-refractivity contribution in [1.82, 2.24) is 19.1 Å². The van der Waals surface area contributed by atoms with Gasteiger partial charge in [-0.25, -0.2) is 9.78 Å². The quantitative estimate of drug-likeness (QED) is 0.798. The van der Waals surface area contributed by atoms with E-state index in [9.17, 15) is 9.90 Å². The highest BCUT2D eigenvalue weighted by molar-refractivity contribution is 6.28. The molecule has 0 amide bonds. The van der Waals surface area contributed by atoms with Crippen LogP contribution < -0.4 is 5.69 Å². The number of halogens is 1. The minimum Gasteiger partial charge on any atom is -0.393 e. The first-order valence-corrected chi connectivity index (χ1v) is 7.19. The number of rotatable bonds is 1. The van der Waals surface area contributed by atoms with Gasteiger partial charge in [0.05, 0.1) is 17.8 Å². The molecule has 4 rings (SSSR count). The molecule has 106 valence electrons. The maximum atomic E-state index is 12.6. The molecule has 1 unspecified atom stereocenters. The van der Waals surface area contributed by atoms with Crippen molar-refractivity contribution in [3.05, 3.63) is 22.0 Å². The van der Waals surface area contributed by atoms with Gasteiger partial charge in [-0.05, 0) is 43.2 Å². The van der Waals surface area contributed by atoms with Crippen molar-refractivity contribution in [2.45, 2.75) is 37.3 Å². The molecule has 2 aliphatic carbocycles. The molecule has 2 fully saturated rings. The Balaban J connectivity index is 1.95. The topological polar surface area (TPSA) is 72.9 Å². The van der Waals surface area contributed by atoms with E-state index in [1.54, 1.807) is 22.4 Å². The molecule has 0 saturated heterocycles. The van der Waals surface area contributed by atoms with E-state index in [0.29, 0.717) is 17.1 Å². The van der Waals surface area contributed by atoms with Gasteiger partial charge in [-0.2, -0.15) is 4.98 Å². The highest BCUT2D eigenvalue weighted by atomic mass is 35.5. The maximum Gasteiger partial charge on any atom is 0.330 e. The highest BCUT2D eigenvalue weighted by Gasteiger charge is 2.59. The zero-order valence-electron chi connectivity index (χ0n) is 11.1. The van der Waals surface area contributed by atoms with Crippen LogP contribution in [-0.4, -0.2) is 30.3 Å². The molecule has 0 bridgehead atoms. The van der Waals surface area contributed by atoms with E-state index < -0.39 is 0 Å². The van der Waals surface area contributed by atoms with Crippen molar-refractivity contribution in [2.75, 3.05) is 0 Å². The lowest BCUT2D eigenvalue weighted by Gasteiger charge is -2.26.